The lowest BCUT2D eigenvalue weighted by molar-refractivity contribution is -0.147. The molecule has 1 aliphatic rings. The number of benzene rings is 1. The molecule has 1 aromatic carbocycles. The summed E-state index contributed by atoms with van der Waals surface area (Å²) < 4.78 is 16.7. The molecule has 2 rings (SSSR count). The Labute approximate surface area is 114 Å². The Morgan fingerprint density at radius 2 is 1.84 bits per heavy atom. The van der Waals surface area contributed by atoms with Crippen LogP contribution in [0.2, 0.25) is 0 Å². The SMILES string of the molecule is COC(=O)CC1(C)OB(c2ccccc2)OC1(C)C. The maximum absolute atomic E-state index is 11.5. The van der Waals surface area contributed by atoms with Gasteiger partial charge in [-0.1, -0.05) is 30.3 Å². The smallest absolute Gasteiger partial charge is 0.469 e. The first-order valence-corrected chi connectivity index (χ1v) is 6.35. The van der Waals surface area contributed by atoms with Crippen molar-refractivity contribution >= 4 is 18.6 Å². The van der Waals surface area contributed by atoms with Gasteiger partial charge in [-0.15, -0.1) is 0 Å². The molecule has 0 aliphatic carbocycles. The number of ether oxygens (including phenoxy) is 1. The van der Waals surface area contributed by atoms with Gasteiger partial charge >= 0.3 is 13.1 Å². The van der Waals surface area contributed by atoms with Crippen LogP contribution in [0.15, 0.2) is 30.3 Å². The van der Waals surface area contributed by atoms with Crippen LogP contribution in [0.5, 0.6) is 0 Å². The minimum atomic E-state index is -0.708. The third kappa shape index (κ3) is 2.67. The molecule has 1 unspecified atom stereocenters. The Bertz CT molecular complexity index is 460. The highest BCUT2D eigenvalue weighted by Crippen LogP contribution is 2.39. The van der Waals surface area contributed by atoms with Crippen molar-refractivity contribution in [1.82, 2.24) is 0 Å². The topological polar surface area (TPSA) is 44.8 Å². The third-order valence-corrected chi connectivity index (χ3v) is 3.82. The molecule has 1 atom stereocenters. The summed E-state index contributed by atoms with van der Waals surface area (Å²) in [4.78, 5) is 11.5. The van der Waals surface area contributed by atoms with Crippen LogP contribution in [-0.2, 0) is 18.8 Å². The highest BCUT2D eigenvalue weighted by Gasteiger charge is 2.55. The van der Waals surface area contributed by atoms with Crippen LogP contribution >= 0.6 is 0 Å². The molecule has 5 heteroatoms. The average Bonchev–Trinajstić information content (AvgIpc) is 2.61. The van der Waals surface area contributed by atoms with Crippen LogP contribution in [0.25, 0.3) is 0 Å². The summed E-state index contributed by atoms with van der Waals surface area (Å²) in [6, 6.07) is 9.71. The van der Waals surface area contributed by atoms with E-state index in [0.717, 1.165) is 5.46 Å². The largest absolute Gasteiger partial charge is 0.494 e. The molecule has 19 heavy (non-hydrogen) atoms. The zero-order valence-electron chi connectivity index (χ0n) is 11.8. The van der Waals surface area contributed by atoms with Crippen molar-refractivity contribution in [2.24, 2.45) is 0 Å². The second-order valence-electron chi connectivity index (χ2n) is 5.47. The van der Waals surface area contributed by atoms with Gasteiger partial charge < -0.3 is 14.0 Å². The quantitative estimate of drug-likeness (QED) is 0.612. The predicted molar refractivity (Wildman–Crippen MR) is 73.1 cm³/mol. The Balaban J connectivity index is 2.21. The van der Waals surface area contributed by atoms with Gasteiger partial charge in [0, 0.05) is 0 Å². The Kier molecular flexibility index (Phi) is 3.70. The molecule has 0 saturated carbocycles. The second kappa shape index (κ2) is 4.98. The number of methoxy groups -OCH3 is 1. The summed E-state index contributed by atoms with van der Waals surface area (Å²) in [5.41, 5.74) is -0.327. The van der Waals surface area contributed by atoms with Crippen LogP contribution in [0.3, 0.4) is 0 Å². The molecule has 1 fully saturated rings. The Morgan fingerprint density at radius 3 is 2.42 bits per heavy atom. The van der Waals surface area contributed by atoms with Crippen molar-refractivity contribution in [2.75, 3.05) is 7.11 Å². The van der Waals surface area contributed by atoms with Crippen molar-refractivity contribution in [3.8, 4) is 0 Å². The van der Waals surface area contributed by atoms with E-state index in [4.69, 9.17) is 14.0 Å². The van der Waals surface area contributed by atoms with Crippen LogP contribution in [0.4, 0.5) is 0 Å². The fourth-order valence-corrected chi connectivity index (χ4v) is 2.14. The first-order valence-electron chi connectivity index (χ1n) is 6.35. The molecule has 1 aliphatic heterocycles. The Hall–Kier alpha value is -1.33. The number of carbonyl (C=O) groups is 1. The Morgan fingerprint density at radius 1 is 1.21 bits per heavy atom. The number of hydrogen-bond donors (Lipinski definition) is 0. The summed E-state index contributed by atoms with van der Waals surface area (Å²) in [6.45, 7) is 5.74. The monoisotopic (exact) mass is 262 g/mol. The normalized spacial score (nSPS) is 25.4. The van der Waals surface area contributed by atoms with Crippen LogP contribution < -0.4 is 5.46 Å². The van der Waals surface area contributed by atoms with Gasteiger partial charge in [0.1, 0.15) is 0 Å². The van der Waals surface area contributed by atoms with E-state index in [1.807, 2.05) is 51.1 Å². The molecule has 4 nitrogen and oxygen atoms in total. The molecule has 0 bridgehead atoms. The molecule has 0 aromatic heterocycles. The molecule has 0 spiro atoms. The van der Waals surface area contributed by atoms with Gasteiger partial charge in [-0.3, -0.25) is 4.79 Å². The van der Waals surface area contributed by atoms with Crippen molar-refractivity contribution in [3.63, 3.8) is 0 Å². The van der Waals surface area contributed by atoms with Crippen molar-refractivity contribution in [2.45, 2.75) is 38.4 Å². The van der Waals surface area contributed by atoms with Crippen LogP contribution in [0, 0.1) is 0 Å². The van der Waals surface area contributed by atoms with E-state index in [2.05, 4.69) is 0 Å². The van der Waals surface area contributed by atoms with E-state index in [1.165, 1.54) is 7.11 Å². The first-order chi connectivity index (χ1) is 8.88. The fraction of sp³-hybridized carbons (Fsp3) is 0.500. The zero-order valence-corrected chi connectivity index (χ0v) is 11.8. The summed E-state index contributed by atoms with van der Waals surface area (Å²) in [7, 11) is 0.925. The maximum atomic E-state index is 11.5. The highest BCUT2D eigenvalue weighted by molar-refractivity contribution is 6.62. The van der Waals surface area contributed by atoms with E-state index in [1.54, 1.807) is 0 Å². The van der Waals surface area contributed by atoms with Crippen LogP contribution in [0.1, 0.15) is 27.2 Å². The number of hydrogen-bond acceptors (Lipinski definition) is 4. The molecule has 1 aromatic rings. The van der Waals surface area contributed by atoms with E-state index in [-0.39, 0.29) is 12.4 Å². The molecular formula is C14H19BO4. The molecule has 1 saturated heterocycles. The predicted octanol–water partition coefficient (Wildman–Crippen LogP) is 1.53. The lowest BCUT2D eigenvalue weighted by atomic mass is 9.79. The number of rotatable bonds is 3. The van der Waals surface area contributed by atoms with Crippen molar-refractivity contribution in [3.05, 3.63) is 30.3 Å². The minimum absolute atomic E-state index is 0.167. The first kappa shape index (κ1) is 14.1. The number of esters is 1. The molecule has 0 amide bonds. The van der Waals surface area contributed by atoms with Crippen molar-refractivity contribution in [1.29, 1.82) is 0 Å². The summed E-state index contributed by atoms with van der Waals surface area (Å²) in [6.07, 6.45) is 0.167. The van der Waals surface area contributed by atoms with Crippen molar-refractivity contribution < 1.29 is 18.8 Å². The summed E-state index contributed by atoms with van der Waals surface area (Å²) in [5.74, 6) is -0.298. The molecular weight excluding hydrogens is 243 g/mol. The second-order valence-corrected chi connectivity index (χ2v) is 5.47. The lowest BCUT2D eigenvalue weighted by Crippen LogP contribution is -2.46. The lowest BCUT2D eigenvalue weighted by Gasteiger charge is -2.35. The molecule has 1 heterocycles. The molecule has 0 radical (unpaired) electrons. The average molecular weight is 262 g/mol. The van der Waals surface area contributed by atoms with E-state index < -0.39 is 18.3 Å². The van der Waals surface area contributed by atoms with Gasteiger partial charge in [0.2, 0.25) is 0 Å². The molecule has 0 N–H and O–H groups in total. The van der Waals surface area contributed by atoms with E-state index >= 15 is 0 Å². The maximum Gasteiger partial charge on any atom is 0.494 e. The van der Waals surface area contributed by atoms with Gasteiger partial charge in [-0.05, 0) is 26.2 Å². The van der Waals surface area contributed by atoms with Gasteiger partial charge in [0.25, 0.3) is 0 Å². The van der Waals surface area contributed by atoms with Gasteiger partial charge in [-0.2, -0.15) is 0 Å². The summed E-state index contributed by atoms with van der Waals surface area (Å²) in [5, 5.41) is 0. The standard InChI is InChI=1S/C14H19BO4/c1-13(2)14(3,10-12(16)17-4)19-15(18-13)11-8-6-5-7-9-11/h5-9H,10H2,1-4H3. The van der Waals surface area contributed by atoms with Gasteiger partial charge in [-0.25, -0.2) is 0 Å². The van der Waals surface area contributed by atoms with E-state index in [0.29, 0.717) is 0 Å². The van der Waals surface area contributed by atoms with Crippen LogP contribution in [-0.4, -0.2) is 31.4 Å². The zero-order chi connectivity index (χ0) is 14.1. The number of carbonyl (C=O) groups excluding carboxylic acids is 1. The third-order valence-electron chi connectivity index (χ3n) is 3.82. The van der Waals surface area contributed by atoms with Gasteiger partial charge in [0.05, 0.1) is 24.7 Å². The minimum Gasteiger partial charge on any atom is -0.469 e. The summed E-state index contributed by atoms with van der Waals surface area (Å²) >= 11 is 0. The fourth-order valence-electron chi connectivity index (χ4n) is 2.14. The van der Waals surface area contributed by atoms with E-state index in [9.17, 15) is 4.79 Å². The molecule has 102 valence electrons. The highest BCUT2D eigenvalue weighted by atomic mass is 16.7. The van der Waals surface area contributed by atoms with Gasteiger partial charge in [0.15, 0.2) is 0 Å².